The maximum absolute atomic E-state index is 5.59. The first kappa shape index (κ1) is 13.6. The van der Waals surface area contributed by atoms with E-state index >= 15 is 0 Å². The van der Waals surface area contributed by atoms with E-state index in [-0.39, 0.29) is 0 Å². The minimum absolute atomic E-state index is 0.712. The van der Waals surface area contributed by atoms with Gasteiger partial charge < -0.3 is 4.42 Å². The van der Waals surface area contributed by atoms with Gasteiger partial charge in [-0.1, -0.05) is 60.7 Å². The standard InChI is InChI=1S/C20H16N2O/c1-3-8-16(9-4-1)15-22-19(20-12-7-13-23-20)14-18(21-22)17-10-5-2-6-11-17/h1-14H,15H2. The first-order valence-corrected chi connectivity index (χ1v) is 7.61. The third-order valence-corrected chi connectivity index (χ3v) is 3.80. The summed E-state index contributed by atoms with van der Waals surface area (Å²) in [6.45, 7) is 0.712. The van der Waals surface area contributed by atoms with Gasteiger partial charge in [-0.25, -0.2) is 0 Å². The molecular weight excluding hydrogens is 284 g/mol. The van der Waals surface area contributed by atoms with Crippen LogP contribution in [0.25, 0.3) is 22.7 Å². The van der Waals surface area contributed by atoms with Crippen LogP contribution < -0.4 is 0 Å². The maximum Gasteiger partial charge on any atom is 0.151 e. The predicted octanol–water partition coefficient (Wildman–Crippen LogP) is 4.86. The zero-order valence-corrected chi connectivity index (χ0v) is 12.6. The van der Waals surface area contributed by atoms with Gasteiger partial charge in [0.2, 0.25) is 0 Å². The molecule has 112 valence electrons. The highest BCUT2D eigenvalue weighted by molar-refractivity contribution is 5.66. The zero-order chi connectivity index (χ0) is 15.5. The second-order valence-corrected chi connectivity index (χ2v) is 5.40. The molecule has 3 nitrogen and oxygen atoms in total. The van der Waals surface area contributed by atoms with Crippen LogP contribution in [0.2, 0.25) is 0 Å². The van der Waals surface area contributed by atoms with E-state index in [4.69, 9.17) is 9.52 Å². The molecular formula is C20H16N2O. The van der Waals surface area contributed by atoms with E-state index < -0.39 is 0 Å². The molecule has 0 aliphatic rings. The molecule has 4 rings (SSSR count). The number of hydrogen-bond acceptors (Lipinski definition) is 2. The minimum Gasteiger partial charge on any atom is -0.463 e. The zero-order valence-electron chi connectivity index (χ0n) is 12.6. The van der Waals surface area contributed by atoms with E-state index in [1.807, 2.05) is 53.2 Å². The summed E-state index contributed by atoms with van der Waals surface area (Å²) in [7, 11) is 0. The molecule has 0 aliphatic heterocycles. The van der Waals surface area contributed by atoms with E-state index in [9.17, 15) is 0 Å². The van der Waals surface area contributed by atoms with Gasteiger partial charge in [-0.15, -0.1) is 0 Å². The van der Waals surface area contributed by atoms with Crippen molar-refractivity contribution >= 4 is 0 Å². The van der Waals surface area contributed by atoms with Crippen molar-refractivity contribution in [2.45, 2.75) is 6.54 Å². The van der Waals surface area contributed by atoms with Crippen molar-refractivity contribution in [3.8, 4) is 22.7 Å². The summed E-state index contributed by atoms with van der Waals surface area (Å²) >= 11 is 0. The van der Waals surface area contributed by atoms with Crippen LogP contribution in [0.15, 0.2) is 89.5 Å². The number of furan rings is 1. The smallest absolute Gasteiger partial charge is 0.151 e. The summed E-state index contributed by atoms with van der Waals surface area (Å²) in [4.78, 5) is 0. The Bertz CT molecular complexity index is 878. The molecule has 2 heterocycles. The molecule has 0 radical (unpaired) electrons. The Balaban J connectivity index is 1.78. The summed E-state index contributed by atoms with van der Waals surface area (Å²) in [6.07, 6.45) is 1.69. The van der Waals surface area contributed by atoms with Crippen LogP contribution >= 0.6 is 0 Å². The van der Waals surface area contributed by atoms with E-state index in [0.717, 1.165) is 22.7 Å². The van der Waals surface area contributed by atoms with Gasteiger partial charge in [0.05, 0.1) is 18.5 Å². The Morgan fingerprint density at radius 1 is 0.826 bits per heavy atom. The average molecular weight is 300 g/mol. The molecule has 0 bridgehead atoms. The highest BCUT2D eigenvalue weighted by atomic mass is 16.3. The van der Waals surface area contributed by atoms with E-state index in [2.05, 4.69) is 30.3 Å². The molecule has 0 N–H and O–H groups in total. The van der Waals surface area contributed by atoms with Gasteiger partial charge in [0.25, 0.3) is 0 Å². The van der Waals surface area contributed by atoms with Crippen molar-refractivity contribution in [1.82, 2.24) is 9.78 Å². The lowest BCUT2D eigenvalue weighted by Gasteiger charge is -2.05. The molecule has 0 atom stereocenters. The van der Waals surface area contributed by atoms with Crippen molar-refractivity contribution in [3.05, 3.63) is 90.7 Å². The normalized spacial score (nSPS) is 10.8. The number of rotatable bonds is 4. The van der Waals surface area contributed by atoms with Gasteiger partial charge in [0, 0.05) is 5.56 Å². The lowest BCUT2D eigenvalue weighted by atomic mass is 10.1. The fraction of sp³-hybridized carbons (Fsp3) is 0.0500. The monoisotopic (exact) mass is 300 g/mol. The van der Waals surface area contributed by atoms with Gasteiger partial charge in [-0.2, -0.15) is 5.10 Å². The highest BCUT2D eigenvalue weighted by Crippen LogP contribution is 2.27. The van der Waals surface area contributed by atoms with Crippen molar-refractivity contribution < 1.29 is 4.42 Å². The molecule has 2 aromatic heterocycles. The van der Waals surface area contributed by atoms with Crippen LogP contribution in [-0.2, 0) is 6.54 Å². The van der Waals surface area contributed by atoms with Gasteiger partial charge >= 0.3 is 0 Å². The number of hydrogen-bond donors (Lipinski definition) is 0. The van der Waals surface area contributed by atoms with Crippen LogP contribution in [0.1, 0.15) is 5.56 Å². The van der Waals surface area contributed by atoms with Crippen molar-refractivity contribution in [1.29, 1.82) is 0 Å². The molecule has 0 saturated heterocycles. The summed E-state index contributed by atoms with van der Waals surface area (Å²) in [5.74, 6) is 0.829. The molecule has 2 aromatic carbocycles. The third kappa shape index (κ3) is 2.81. The quantitative estimate of drug-likeness (QED) is 0.539. The molecule has 4 aromatic rings. The number of nitrogens with zero attached hydrogens (tertiary/aromatic N) is 2. The molecule has 0 unspecified atom stereocenters. The summed E-state index contributed by atoms with van der Waals surface area (Å²) < 4.78 is 7.58. The highest BCUT2D eigenvalue weighted by Gasteiger charge is 2.13. The third-order valence-electron chi connectivity index (χ3n) is 3.80. The molecule has 23 heavy (non-hydrogen) atoms. The number of aromatic nitrogens is 2. The maximum atomic E-state index is 5.59. The lowest BCUT2D eigenvalue weighted by molar-refractivity contribution is 0.568. The summed E-state index contributed by atoms with van der Waals surface area (Å²) in [6, 6.07) is 26.5. The van der Waals surface area contributed by atoms with Crippen LogP contribution in [0, 0.1) is 0 Å². The Hall–Kier alpha value is -3.07. The van der Waals surface area contributed by atoms with Crippen molar-refractivity contribution in [2.75, 3.05) is 0 Å². The molecule has 3 heteroatoms. The van der Waals surface area contributed by atoms with Gasteiger partial charge in [-0.05, 0) is 23.8 Å². The first-order chi connectivity index (χ1) is 11.4. The minimum atomic E-state index is 0.712. The molecule has 0 fully saturated rings. The van der Waals surface area contributed by atoms with Crippen molar-refractivity contribution in [3.63, 3.8) is 0 Å². The largest absolute Gasteiger partial charge is 0.463 e. The second kappa shape index (κ2) is 5.97. The van der Waals surface area contributed by atoms with Gasteiger partial charge in [0.15, 0.2) is 5.76 Å². The Kier molecular flexibility index (Phi) is 3.53. The molecule has 0 amide bonds. The Morgan fingerprint density at radius 2 is 1.57 bits per heavy atom. The van der Waals surface area contributed by atoms with E-state index in [1.165, 1.54) is 5.56 Å². The van der Waals surface area contributed by atoms with Crippen LogP contribution in [0.3, 0.4) is 0 Å². The van der Waals surface area contributed by atoms with Crippen molar-refractivity contribution in [2.24, 2.45) is 0 Å². The Morgan fingerprint density at radius 3 is 2.26 bits per heavy atom. The number of benzene rings is 2. The first-order valence-electron chi connectivity index (χ1n) is 7.61. The fourth-order valence-corrected chi connectivity index (χ4v) is 2.67. The molecule has 0 spiro atoms. The topological polar surface area (TPSA) is 31.0 Å². The average Bonchev–Trinajstić information content (AvgIpc) is 3.26. The van der Waals surface area contributed by atoms with Gasteiger partial charge in [0.1, 0.15) is 5.69 Å². The fourth-order valence-electron chi connectivity index (χ4n) is 2.67. The second-order valence-electron chi connectivity index (χ2n) is 5.40. The van der Waals surface area contributed by atoms with Crippen LogP contribution in [0.4, 0.5) is 0 Å². The molecule has 0 saturated carbocycles. The van der Waals surface area contributed by atoms with Crippen LogP contribution in [-0.4, -0.2) is 9.78 Å². The van der Waals surface area contributed by atoms with E-state index in [1.54, 1.807) is 6.26 Å². The Labute approximate surface area is 134 Å². The SMILES string of the molecule is c1ccc(Cn2nc(-c3ccccc3)cc2-c2ccco2)cc1. The molecule has 0 aliphatic carbocycles. The lowest BCUT2D eigenvalue weighted by Crippen LogP contribution is -2.03. The summed E-state index contributed by atoms with van der Waals surface area (Å²) in [5, 5.41) is 4.79. The predicted molar refractivity (Wildman–Crippen MR) is 90.9 cm³/mol. The van der Waals surface area contributed by atoms with E-state index in [0.29, 0.717) is 6.54 Å². The summed E-state index contributed by atoms with van der Waals surface area (Å²) in [5.41, 5.74) is 4.25. The van der Waals surface area contributed by atoms with Gasteiger partial charge in [-0.3, -0.25) is 4.68 Å². The van der Waals surface area contributed by atoms with Crippen LogP contribution in [0.5, 0.6) is 0 Å².